The van der Waals surface area contributed by atoms with Gasteiger partial charge >= 0.3 is 5.97 Å². The lowest BCUT2D eigenvalue weighted by Gasteiger charge is -2.18. The minimum Gasteiger partial charge on any atom is -0.331 e. The van der Waals surface area contributed by atoms with Crippen molar-refractivity contribution < 1.29 is 14.7 Å². The summed E-state index contributed by atoms with van der Waals surface area (Å²) < 4.78 is 0. The standard InChI is InChI=1S/C13H16N2O3S/c1-9(16)17-18-15(2)13(19)14-12-7-6-10-4-3-5-11(10)8-12/h6-8H,3-5H2,1-2H3,(H,14,19). The van der Waals surface area contributed by atoms with Crippen LogP contribution in [0.3, 0.4) is 0 Å². The van der Waals surface area contributed by atoms with Gasteiger partial charge in [-0.15, -0.1) is 0 Å². The molecule has 6 heteroatoms. The minimum absolute atomic E-state index is 0.319. The molecule has 0 saturated carbocycles. The number of hydroxylamine groups is 2. The Morgan fingerprint density at radius 3 is 2.84 bits per heavy atom. The number of fused-ring (bicyclic) bond motifs is 1. The largest absolute Gasteiger partial charge is 0.342 e. The third kappa shape index (κ3) is 3.65. The first-order valence-corrected chi connectivity index (χ1v) is 6.49. The van der Waals surface area contributed by atoms with E-state index in [0.29, 0.717) is 5.11 Å². The second-order valence-corrected chi connectivity index (χ2v) is 4.80. The molecule has 1 aromatic carbocycles. The molecule has 1 N–H and O–H groups in total. The molecule has 19 heavy (non-hydrogen) atoms. The van der Waals surface area contributed by atoms with Gasteiger partial charge in [-0.3, -0.25) is 4.89 Å². The van der Waals surface area contributed by atoms with Gasteiger partial charge < -0.3 is 5.32 Å². The first-order valence-electron chi connectivity index (χ1n) is 6.08. The summed E-state index contributed by atoms with van der Waals surface area (Å²) in [5.74, 6) is -0.535. The predicted octanol–water partition coefficient (Wildman–Crippen LogP) is 2.21. The maximum Gasteiger partial charge on any atom is 0.342 e. The summed E-state index contributed by atoms with van der Waals surface area (Å²) in [6.45, 7) is 1.25. The zero-order valence-corrected chi connectivity index (χ0v) is 11.8. The SMILES string of the molecule is CC(=O)OON(C)C(=S)Nc1ccc2c(c1)CCC2. The van der Waals surface area contributed by atoms with Crippen LogP contribution in [0.15, 0.2) is 18.2 Å². The fraction of sp³-hybridized carbons (Fsp3) is 0.385. The van der Waals surface area contributed by atoms with Crippen molar-refractivity contribution in [3.63, 3.8) is 0 Å². The monoisotopic (exact) mass is 280 g/mol. The first kappa shape index (κ1) is 13.8. The Kier molecular flexibility index (Phi) is 4.34. The number of anilines is 1. The third-order valence-corrected chi connectivity index (χ3v) is 3.26. The molecule has 0 aliphatic heterocycles. The number of rotatable bonds is 3. The number of carbonyl (C=O) groups excluding carboxylic acids is 1. The Balaban J connectivity index is 1.93. The molecule has 0 saturated heterocycles. The number of hydrogen-bond donors (Lipinski definition) is 1. The Morgan fingerprint density at radius 2 is 2.11 bits per heavy atom. The molecular weight excluding hydrogens is 264 g/mol. The van der Waals surface area contributed by atoms with Crippen molar-refractivity contribution >= 4 is 29.0 Å². The number of thiocarbonyl (C=S) groups is 1. The van der Waals surface area contributed by atoms with Crippen molar-refractivity contribution in [2.75, 3.05) is 12.4 Å². The van der Waals surface area contributed by atoms with Crippen LogP contribution in [0.1, 0.15) is 24.5 Å². The number of nitrogens with zero attached hydrogens (tertiary/aromatic N) is 1. The number of aryl methyl sites for hydroxylation is 2. The van der Waals surface area contributed by atoms with Crippen LogP contribution >= 0.6 is 12.2 Å². The van der Waals surface area contributed by atoms with Gasteiger partial charge in [0.25, 0.3) is 0 Å². The molecule has 5 nitrogen and oxygen atoms in total. The lowest BCUT2D eigenvalue weighted by molar-refractivity contribution is -0.362. The van der Waals surface area contributed by atoms with Crippen molar-refractivity contribution in [3.05, 3.63) is 29.3 Å². The number of carbonyl (C=O) groups is 1. The van der Waals surface area contributed by atoms with Crippen LogP contribution in [-0.2, 0) is 27.5 Å². The number of benzene rings is 1. The van der Waals surface area contributed by atoms with E-state index in [-0.39, 0.29) is 0 Å². The highest BCUT2D eigenvalue weighted by Crippen LogP contribution is 2.24. The fourth-order valence-electron chi connectivity index (χ4n) is 1.99. The fourth-order valence-corrected chi connectivity index (χ4v) is 2.14. The maximum atomic E-state index is 10.6. The molecule has 0 aromatic heterocycles. The van der Waals surface area contributed by atoms with E-state index in [1.807, 2.05) is 6.07 Å². The van der Waals surface area contributed by atoms with Gasteiger partial charge in [0, 0.05) is 19.7 Å². The van der Waals surface area contributed by atoms with E-state index >= 15 is 0 Å². The second-order valence-electron chi connectivity index (χ2n) is 4.41. The van der Waals surface area contributed by atoms with Crippen molar-refractivity contribution in [1.29, 1.82) is 0 Å². The first-order chi connectivity index (χ1) is 9.06. The molecule has 0 unspecified atom stereocenters. The number of nitrogens with one attached hydrogen (secondary N) is 1. The van der Waals surface area contributed by atoms with Crippen LogP contribution in [-0.4, -0.2) is 23.2 Å². The Hall–Kier alpha value is -1.66. The van der Waals surface area contributed by atoms with Gasteiger partial charge in [-0.1, -0.05) is 11.1 Å². The quantitative estimate of drug-likeness (QED) is 0.520. The summed E-state index contributed by atoms with van der Waals surface area (Å²) in [4.78, 5) is 19.7. The Bertz CT molecular complexity index is 505. The van der Waals surface area contributed by atoms with E-state index in [9.17, 15) is 4.79 Å². The highest BCUT2D eigenvalue weighted by Gasteiger charge is 2.12. The average molecular weight is 280 g/mol. The van der Waals surface area contributed by atoms with Crippen LogP contribution in [0.4, 0.5) is 5.69 Å². The summed E-state index contributed by atoms with van der Waals surface area (Å²) in [6, 6.07) is 6.19. The van der Waals surface area contributed by atoms with Crippen LogP contribution in [0.25, 0.3) is 0 Å². The van der Waals surface area contributed by atoms with Crippen molar-refractivity contribution in [3.8, 4) is 0 Å². The smallest absolute Gasteiger partial charge is 0.331 e. The molecule has 0 heterocycles. The van der Waals surface area contributed by atoms with Crippen molar-refractivity contribution in [2.45, 2.75) is 26.2 Å². The summed E-state index contributed by atoms with van der Waals surface area (Å²) in [5.41, 5.74) is 3.67. The summed E-state index contributed by atoms with van der Waals surface area (Å²) in [5, 5.41) is 4.54. The molecule has 0 fully saturated rings. The van der Waals surface area contributed by atoms with E-state index in [1.54, 1.807) is 7.05 Å². The van der Waals surface area contributed by atoms with Gasteiger partial charge in [-0.2, -0.15) is 5.06 Å². The summed E-state index contributed by atoms with van der Waals surface area (Å²) >= 11 is 5.14. The van der Waals surface area contributed by atoms with Crippen LogP contribution < -0.4 is 5.32 Å². The molecule has 0 radical (unpaired) electrons. The van der Waals surface area contributed by atoms with E-state index in [1.165, 1.54) is 29.5 Å². The van der Waals surface area contributed by atoms with Gasteiger partial charge in [0.2, 0.25) is 5.11 Å². The highest BCUT2D eigenvalue weighted by atomic mass is 32.1. The van der Waals surface area contributed by atoms with Crippen LogP contribution in [0.5, 0.6) is 0 Å². The zero-order chi connectivity index (χ0) is 13.8. The van der Waals surface area contributed by atoms with Crippen LogP contribution in [0.2, 0.25) is 0 Å². The lowest BCUT2D eigenvalue weighted by Crippen LogP contribution is -2.31. The average Bonchev–Trinajstić information content (AvgIpc) is 2.83. The zero-order valence-electron chi connectivity index (χ0n) is 10.9. The predicted molar refractivity (Wildman–Crippen MR) is 75.3 cm³/mol. The van der Waals surface area contributed by atoms with Crippen molar-refractivity contribution in [2.24, 2.45) is 0 Å². The highest BCUT2D eigenvalue weighted by molar-refractivity contribution is 7.80. The van der Waals surface area contributed by atoms with Gasteiger partial charge in [0.1, 0.15) is 0 Å². The van der Waals surface area contributed by atoms with E-state index in [4.69, 9.17) is 17.2 Å². The lowest BCUT2D eigenvalue weighted by atomic mass is 10.1. The minimum atomic E-state index is -0.535. The number of hydrogen-bond acceptors (Lipinski definition) is 4. The third-order valence-electron chi connectivity index (χ3n) is 2.90. The molecular formula is C13H16N2O3S. The summed E-state index contributed by atoms with van der Waals surface area (Å²) in [6.07, 6.45) is 3.46. The normalized spacial score (nSPS) is 12.7. The van der Waals surface area contributed by atoms with Gasteiger partial charge in [0.15, 0.2) is 0 Å². The Labute approximate surface area is 117 Å². The molecule has 1 aromatic rings. The Morgan fingerprint density at radius 1 is 1.37 bits per heavy atom. The van der Waals surface area contributed by atoms with Crippen molar-refractivity contribution in [1.82, 2.24) is 5.06 Å². The van der Waals surface area contributed by atoms with Gasteiger partial charge in [0.05, 0.1) is 0 Å². The molecule has 0 spiro atoms. The topological polar surface area (TPSA) is 50.8 Å². The summed E-state index contributed by atoms with van der Waals surface area (Å²) in [7, 11) is 1.56. The second kappa shape index (κ2) is 5.99. The molecule has 1 aliphatic carbocycles. The maximum absolute atomic E-state index is 10.6. The van der Waals surface area contributed by atoms with Gasteiger partial charge in [-0.05, 0) is 54.7 Å². The van der Waals surface area contributed by atoms with E-state index in [2.05, 4.69) is 22.3 Å². The van der Waals surface area contributed by atoms with E-state index in [0.717, 1.165) is 18.5 Å². The van der Waals surface area contributed by atoms with E-state index < -0.39 is 5.97 Å². The van der Waals surface area contributed by atoms with Gasteiger partial charge in [-0.25, -0.2) is 4.79 Å². The molecule has 1 aliphatic rings. The molecule has 2 rings (SSSR count). The molecule has 102 valence electrons. The molecule has 0 atom stereocenters. The van der Waals surface area contributed by atoms with Crippen LogP contribution in [0, 0.1) is 0 Å². The molecule has 0 amide bonds. The molecule has 0 bridgehead atoms.